The van der Waals surface area contributed by atoms with Gasteiger partial charge in [-0.2, -0.15) is 0 Å². The van der Waals surface area contributed by atoms with Crippen LogP contribution in [0.4, 0.5) is 4.39 Å². The number of halogens is 1. The van der Waals surface area contributed by atoms with Gasteiger partial charge in [-0.25, -0.2) is 4.39 Å². The second kappa shape index (κ2) is 4.22. The molecule has 17 heavy (non-hydrogen) atoms. The normalized spacial score (nSPS) is 14.9. The van der Waals surface area contributed by atoms with Crippen molar-refractivity contribution in [3.8, 4) is 16.9 Å². The highest BCUT2D eigenvalue weighted by atomic mass is 19.1. The van der Waals surface area contributed by atoms with Gasteiger partial charge in [0.25, 0.3) is 0 Å². The van der Waals surface area contributed by atoms with Gasteiger partial charge in [-0.15, -0.1) is 0 Å². The Balaban J connectivity index is 2.19. The number of hydrogen-bond donors (Lipinski definition) is 1. The Kier molecular flexibility index (Phi) is 2.57. The molecule has 0 atom stereocenters. The third kappa shape index (κ3) is 1.80. The summed E-state index contributed by atoms with van der Waals surface area (Å²) in [6.45, 7) is 2.00. The molecule has 0 spiro atoms. The molecule has 0 saturated heterocycles. The second-order valence-corrected chi connectivity index (χ2v) is 3.95. The summed E-state index contributed by atoms with van der Waals surface area (Å²) >= 11 is 0. The Labute approximate surface area is 98.2 Å². The van der Waals surface area contributed by atoms with E-state index in [4.69, 9.17) is 9.15 Å². The van der Waals surface area contributed by atoms with Gasteiger partial charge in [0.2, 0.25) is 0 Å². The fraction of sp³-hybridized carbons (Fsp3) is 0.231. The molecule has 4 heteroatoms. The Morgan fingerprint density at radius 2 is 2.18 bits per heavy atom. The molecule has 0 aliphatic carbocycles. The zero-order chi connectivity index (χ0) is 11.7. The van der Waals surface area contributed by atoms with Crippen molar-refractivity contribution < 1.29 is 13.5 Å². The van der Waals surface area contributed by atoms with Gasteiger partial charge in [-0.05, 0) is 12.1 Å². The molecular weight excluding hydrogens is 221 g/mol. The first-order chi connectivity index (χ1) is 8.36. The van der Waals surface area contributed by atoms with Crippen molar-refractivity contribution in [3.63, 3.8) is 0 Å². The molecule has 3 nitrogen and oxygen atoms in total. The van der Waals surface area contributed by atoms with Gasteiger partial charge >= 0.3 is 0 Å². The van der Waals surface area contributed by atoms with Crippen molar-refractivity contribution in [1.82, 2.24) is 5.32 Å². The van der Waals surface area contributed by atoms with E-state index >= 15 is 0 Å². The smallest absolute Gasteiger partial charge is 0.134 e. The number of hydrogen-bond acceptors (Lipinski definition) is 3. The van der Waals surface area contributed by atoms with Crippen LogP contribution in [-0.4, -0.2) is 13.2 Å². The lowest BCUT2D eigenvalue weighted by Gasteiger charge is -2.12. The molecule has 1 aliphatic heterocycles. The minimum atomic E-state index is -0.285. The summed E-state index contributed by atoms with van der Waals surface area (Å²) in [6, 6.07) is 4.96. The number of ether oxygens (including phenoxy) is 1. The first kappa shape index (κ1) is 10.4. The summed E-state index contributed by atoms with van der Waals surface area (Å²) < 4.78 is 24.6. The maximum atomic E-state index is 13.9. The van der Waals surface area contributed by atoms with Gasteiger partial charge in [0.15, 0.2) is 0 Å². The number of fused-ring (bicyclic) bond motifs is 1. The van der Waals surface area contributed by atoms with Gasteiger partial charge in [0.05, 0.1) is 18.1 Å². The van der Waals surface area contributed by atoms with E-state index in [-0.39, 0.29) is 5.82 Å². The van der Waals surface area contributed by atoms with E-state index in [1.807, 2.05) is 0 Å². The molecule has 0 radical (unpaired) electrons. The van der Waals surface area contributed by atoms with Crippen LogP contribution in [0.15, 0.2) is 35.1 Å². The lowest BCUT2D eigenvalue weighted by atomic mass is 10.0. The highest BCUT2D eigenvalue weighted by molar-refractivity contribution is 5.72. The SMILES string of the molecule is Fc1ccc2c(c1-c1ccoc1)OCCNC2. The molecule has 2 aromatic rings. The number of nitrogens with one attached hydrogen (secondary N) is 1. The van der Waals surface area contributed by atoms with E-state index in [2.05, 4.69) is 5.32 Å². The first-order valence-corrected chi connectivity index (χ1v) is 5.54. The van der Waals surface area contributed by atoms with Gasteiger partial charge in [0.1, 0.15) is 18.2 Å². The van der Waals surface area contributed by atoms with Crippen molar-refractivity contribution in [2.24, 2.45) is 0 Å². The van der Waals surface area contributed by atoms with Gasteiger partial charge < -0.3 is 14.5 Å². The second-order valence-electron chi connectivity index (χ2n) is 3.95. The standard InChI is InChI=1S/C13H12FNO2/c14-11-2-1-9-7-15-4-6-17-13(9)12(11)10-3-5-16-8-10/h1-3,5,8,15H,4,6-7H2. The zero-order valence-corrected chi connectivity index (χ0v) is 9.20. The van der Waals surface area contributed by atoms with Crippen LogP contribution in [-0.2, 0) is 6.54 Å². The number of furan rings is 1. The minimum absolute atomic E-state index is 0.285. The summed E-state index contributed by atoms with van der Waals surface area (Å²) in [7, 11) is 0. The van der Waals surface area contributed by atoms with E-state index in [0.29, 0.717) is 30.0 Å². The van der Waals surface area contributed by atoms with Crippen LogP contribution in [0.2, 0.25) is 0 Å². The Morgan fingerprint density at radius 3 is 3.00 bits per heavy atom. The molecule has 0 saturated carbocycles. The number of rotatable bonds is 1. The van der Waals surface area contributed by atoms with Gasteiger partial charge in [0, 0.05) is 24.2 Å². The third-order valence-corrected chi connectivity index (χ3v) is 2.84. The molecule has 1 N–H and O–H groups in total. The fourth-order valence-electron chi connectivity index (χ4n) is 2.03. The lowest BCUT2D eigenvalue weighted by molar-refractivity contribution is 0.325. The van der Waals surface area contributed by atoms with E-state index < -0.39 is 0 Å². The molecular formula is C13H12FNO2. The van der Waals surface area contributed by atoms with E-state index in [1.165, 1.54) is 18.6 Å². The monoisotopic (exact) mass is 233 g/mol. The molecule has 0 amide bonds. The maximum Gasteiger partial charge on any atom is 0.134 e. The Bertz CT molecular complexity index is 522. The van der Waals surface area contributed by atoms with Crippen molar-refractivity contribution in [3.05, 3.63) is 42.1 Å². The minimum Gasteiger partial charge on any atom is -0.491 e. The van der Waals surface area contributed by atoms with Gasteiger partial charge in [-0.3, -0.25) is 0 Å². The summed E-state index contributed by atoms with van der Waals surface area (Å²) in [5.41, 5.74) is 2.17. The zero-order valence-electron chi connectivity index (χ0n) is 9.20. The molecule has 88 valence electrons. The van der Waals surface area contributed by atoms with E-state index in [1.54, 1.807) is 12.1 Å². The van der Waals surface area contributed by atoms with E-state index in [0.717, 1.165) is 12.1 Å². The molecule has 3 rings (SSSR count). The summed E-state index contributed by atoms with van der Waals surface area (Å²) in [5, 5.41) is 3.22. The van der Waals surface area contributed by atoms with Crippen molar-refractivity contribution in [1.29, 1.82) is 0 Å². The van der Waals surface area contributed by atoms with E-state index in [9.17, 15) is 4.39 Å². The van der Waals surface area contributed by atoms with Gasteiger partial charge in [-0.1, -0.05) is 6.07 Å². The Hall–Kier alpha value is -1.81. The average molecular weight is 233 g/mol. The largest absolute Gasteiger partial charge is 0.491 e. The quantitative estimate of drug-likeness (QED) is 0.822. The maximum absolute atomic E-state index is 13.9. The number of benzene rings is 1. The highest BCUT2D eigenvalue weighted by Gasteiger charge is 2.19. The van der Waals surface area contributed by atoms with Crippen LogP contribution in [0.25, 0.3) is 11.1 Å². The Morgan fingerprint density at radius 1 is 1.24 bits per heavy atom. The van der Waals surface area contributed by atoms with Crippen LogP contribution < -0.4 is 10.1 Å². The highest BCUT2D eigenvalue weighted by Crippen LogP contribution is 2.36. The van der Waals surface area contributed by atoms with Crippen LogP contribution in [0.1, 0.15) is 5.56 Å². The molecule has 1 aromatic carbocycles. The molecule has 1 aromatic heterocycles. The van der Waals surface area contributed by atoms with Crippen molar-refractivity contribution >= 4 is 0 Å². The average Bonchev–Trinajstić information content (AvgIpc) is 2.74. The summed E-state index contributed by atoms with van der Waals surface area (Å²) in [5.74, 6) is 0.337. The fourth-order valence-corrected chi connectivity index (χ4v) is 2.03. The van der Waals surface area contributed by atoms with Crippen LogP contribution in [0, 0.1) is 5.82 Å². The van der Waals surface area contributed by atoms with Crippen LogP contribution in [0.5, 0.6) is 5.75 Å². The molecule has 2 heterocycles. The first-order valence-electron chi connectivity index (χ1n) is 5.54. The summed E-state index contributed by atoms with van der Waals surface area (Å²) in [4.78, 5) is 0. The predicted molar refractivity (Wildman–Crippen MR) is 61.3 cm³/mol. The lowest BCUT2D eigenvalue weighted by Crippen LogP contribution is -2.16. The van der Waals surface area contributed by atoms with Crippen molar-refractivity contribution in [2.45, 2.75) is 6.54 Å². The molecule has 1 aliphatic rings. The van der Waals surface area contributed by atoms with Crippen LogP contribution in [0.3, 0.4) is 0 Å². The predicted octanol–water partition coefficient (Wildman–Crippen LogP) is 2.57. The summed E-state index contributed by atoms with van der Waals surface area (Å²) in [6.07, 6.45) is 3.06. The molecule has 0 fully saturated rings. The topological polar surface area (TPSA) is 34.4 Å². The van der Waals surface area contributed by atoms with Crippen molar-refractivity contribution in [2.75, 3.05) is 13.2 Å². The van der Waals surface area contributed by atoms with Crippen LogP contribution >= 0.6 is 0 Å². The third-order valence-electron chi connectivity index (χ3n) is 2.84. The molecule has 0 bridgehead atoms. The molecule has 0 unspecified atom stereocenters.